The van der Waals surface area contributed by atoms with Crippen molar-refractivity contribution < 1.29 is 0 Å². The van der Waals surface area contributed by atoms with Crippen LogP contribution in [-0.2, 0) is 0 Å². The van der Waals surface area contributed by atoms with Crippen LogP contribution >= 0.6 is 0 Å². The average molecular weight is 696 g/mol. The van der Waals surface area contributed by atoms with Crippen LogP contribution in [0.4, 0.5) is 0 Å². The number of aromatic nitrogens is 7. The molecule has 0 aliphatic rings. The quantitative estimate of drug-likeness (QED) is 0.150. The number of imidazole rings is 2. The molecule has 0 N–H and O–H groups in total. The fraction of sp³-hybridized carbons (Fsp3) is 0. The van der Waals surface area contributed by atoms with Gasteiger partial charge in [-0.15, -0.1) is 0 Å². The van der Waals surface area contributed by atoms with Gasteiger partial charge in [0.25, 0.3) is 0 Å². The van der Waals surface area contributed by atoms with Gasteiger partial charge < -0.3 is 0 Å². The third-order valence-corrected chi connectivity index (χ3v) is 9.38. The van der Waals surface area contributed by atoms with Crippen molar-refractivity contribution in [1.82, 2.24) is 33.9 Å². The van der Waals surface area contributed by atoms with E-state index in [1.165, 1.54) is 0 Å². The summed E-state index contributed by atoms with van der Waals surface area (Å²) in [7, 11) is 0. The van der Waals surface area contributed by atoms with E-state index in [0.717, 1.165) is 67.4 Å². The van der Waals surface area contributed by atoms with E-state index < -0.39 is 0 Å². The maximum atomic E-state index is 5.12. The third kappa shape index (κ3) is 5.89. The Morgan fingerprint density at radius 3 is 1.43 bits per heavy atom. The molecule has 4 aromatic heterocycles. The summed E-state index contributed by atoms with van der Waals surface area (Å²) in [5, 5.41) is 0. The summed E-state index contributed by atoms with van der Waals surface area (Å²) in [5.74, 6) is 2.40. The van der Waals surface area contributed by atoms with Gasteiger partial charge in [-0.2, -0.15) is 0 Å². The first-order chi connectivity index (χ1) is 26.7. The molecule has 9 aromatic rings. The lowest BCUT2D eigenvalue weighted by Gasteiger charge is -2.11. The van der Waals surface area contributed by atoms with Crippen molar-refractivity contribution in [1.29, 1.82) is 0 Å². The molecule has 0 saturated carbocycles. The second kappa shape index (κ2) is 13.9. The maximum absolute atomic E-state index is 5.12. The molecule has 0 saturated heterocycles. The van der Waals surface area contributed by atoms with Crippen molar-refractivity contribution in [3.8, 4) is 79.2 Å². The van der Waals surface area contributed by atoms with E-state index in [9.17, 15) is 0 Å². The van der Waals surface area contributed by atoms with E-state index in [1.807, 2.05) is 102 Å². The highest BCUT2D eigenvalue weighted by atomic mass is 15.1. The Bertz CT molecular complexity index is 2800. The SMILES string of the molecule is C=Cc1nc(-c2cccc(-c3nc(-c4ccccc4)nc(-c4cccc(-c5nc6ccccn6c5-c5ccccc5)c4)n3)c2)c(-c2ccccc2)n1C=C. The third-order valence-electron chi connectivity index (χ3n) is 9.38. The zero-order valence-electron chi connectivity index (χ0n) is 29.3. The van der Waals surface area contributed by atoms with Crippen LogP contribution in [0.3, 0.4) is 0 Å². The van der Waals surface area contributed by atoms with E-state index in [-0.39, 0.29) is 0 Å². The standard InChI is InChI=1S/C47H33N7/c1-3-39-48-41(43(53(39)4-2)32-18-8-5-9-19-32)35-24-16-26-37(30-35)46-50-45(34-22-12-7-13-23-34)51-47(52-46)38-27-17-25-36(31-38)42-44(33-20-10-6-11-21-33)54-29-15-14-28-40(54)49-42/h3-31H,1-2H2. The molecule has 9 rings (SSSR count). The summed E-state index contributed by atoms with van der Waals surface area (Å²) in [6.07, 6.45) is 5.57. The minimum absolute atomic E-state index is 0.553. The fourth-order valence-electron chi connectivity index (χ4n) is 6.88. The fourth-order valence-corrected chi connectivity index (χ4v) is 6.88. The highest BCUT2D eigenvalue weighted by Gasteiger charge is 2.20. The summed E-state index contributed by atoms with van der Waals surface area (Å²) in [6, 6.07) is 53.1. The van der Waals surface area contributed by atoms with Gasteiger partial charge in [-0.25, -0.2) is 24.9 Å². The van der Waals surface area contributed by atoms with Crippen LogP contribution < -0.4 is 0 Å². The van der Waals surface area contributed by atoms with Gasteiger partial charge in [0.15, 0.2) is 17.5 Å². The number of rotatable bonds is 9. The Hall–Kier alpha value is -7.51. The molecular weight excluding hydrogens is 663 g/mol. The van der Waals surface area contributed by atoms with Gasteiger partial charge in [0.05, 0.1) is 22.8 Å². The predicted molar refractivity (Wildman–Crippen MR) is 219 cm³/mol. The molecule has 7 heteroatoms. The van der Waals surface area contributed by atoms with Crippen LogP contribution in [0.25, 0.3) is 97.1 Å². The number of hydrogen-bond acceptors (Lipinski definition) is 5. The number of hydrogen-bond donors (Lipinski definition) is 0. The molecule has 0 fully saturated rings. The number of nitrogens with zero attached hydrogens (tertiary/aromatic N) is 7. The van der Waals surface area contributed by atoms with E-state index in [4.69, 9.17) is 24.9 Å². The van der Waals surface area contributed by atoms with E-state index in [2.05, 4.69) is 84.4 Å². The topological polar surface area (TPSA) is 73.8 Å². The molecular formula is C47H33N7. The average Bonchev–Trinajstić information content (AvgIpc) is 3.84. The van der Waals surface area contributed by atoms with Crippen molar-refractivity contribution in [3.63, 3.8) is 0 Å². The zero-order chi connectivity index (χ0) is 36.4. The summed E-state index contributed by atoms with van der Waals surface area (Å²) in [5.41, 5.74) is 11.1. The molecule has 0 radical (unpaired) electrons. The Kier molecular flexibility index (Phi) is 8.34. The van der Waals surface area contributed by atoms with Gasteiger partial charge in [0.1, 0.15) is 11.5 Å². The second-order valence-electron chi connectivity index (χ2n) is 12.7. The molecule has 7 nitrogen and oxygen atoms in total. The van der Waals surface area contributed by atoms with Crippen LogP contribution in [-0.4, -0.2) is 33.9 Å². The molecule has 54 heavy (non-hydrogen) atoms. The molecule has 0 atom stereocenters. The van der Waals surface area contributed by atoms with E-state index in [0.29, 0.717) is 23.3 Å². The Morgan fingerprint density at radius 2 is 0.870 bits per heavy atom. The smallest absolute Gasteiger partial charge is 0.164 e. The first-order valence-corrected chi connectivity index (χ1v) is 17.7. The first-order valence-electron chi connectivity index (χ1n) is 17.7. The van der Waals surface area contributed by atoms with Gasteiger partial charge in [0, 0.05) is 51.3 Å². The minimum Gasteiger partial charge on any atom is -0.300 e. The van der Waals surface area contributed by atoms with Crippen molar-refractivity contribution in [2.24, 2.45) is 0 Å². The lowest BCUT2D eigenvalue weighted by molar-refractivity contribution is 1.07. The largest absolute Gasteiger partial charge is 0.300 e. The van der Waals surface area contributed by atoms with Crippen molar-refractivity contribution in [2.75, 3.05) is 0 Å². The normalized spacial score (nSPS) is 11.1. The summed E-state index contributed by atoms with van der Waals surface area (Å²) >= 11 is 0. The molecule has 0 aliphatic carbocycles. The predicted octanol–water partition coefficient (Wildman–Crippen LogP) is 11.1. The van der Waals surface area contributed by atoms with Crippen LogP contribution in [0.5, 0.6) is 0 Å². The maximum Gasteiger partial charge on any atom is 0.164 e. The molecule has 5 aromatic carbocycles. The Morgan fingerprint density at radius 1 is 0.407 bits per heavy atom. The molecule has 4 heterocycles. The van der Waals surface area contributed by atoms with Gasteiger partial charge >= 0.3 is 0 Å². The van der Waals surface area contributed by atoms with Crippen LogP contribution in [0, 0.1) is 0 Å². The highest BCUT2D eigenvalue weighted by Crippen LogP contribution is 2.37. The number of fused-ring (bicyclic) bond motifs is 1. The van der Waals surface area contributed by atoms with Gasteiger partial charge in [-0.3, -0.25) is 8.97 Å². The van der Waals surface area contributed by atoms with Crippen molar-refractivity contribution in [3.05, 3.63) is 183 Å². The second-order valence-corrected chi connectivity index (χ2v) is 12.7. The Labute approximate surface area is 313 Å². The van der Waals surface area contributed by atoms with Crippen LogP contribution in [0.1, 0.15) is 5.82 Å². The minimum atomic E-state index is 0.553. The van der Waals surface area contributed by atoms with E-state index in [1.54, 1.807) is 12.3 Å². The van der Waals surface area contributed by atoms with E-state index >= 15 is 0 Å². The Balaban J connectivity index is 1.20. The number of pyridine rings is 1. The summed E-state index contributed by atoms with van der Waals surface area (Å²) < 4.78 is 4.11. The molecule has 0 bridgehead atoms. The summed E-state index contributed by atoms with van der Waals surface area (Å²) in [6.45, 7) is 8.09. The van der Waals surface area contributed by atoms with Crippen LogP contribution in [0.2, 0.25) is 0 Å². The van der Waals surface area contributed by atoms with Gasteiger partial charge in [-0.05, 0) is 30.3 Å². The number of benzene rings is 5. The lowest BCUT2D eigenvalue weighted by Crippen LogP contribution is -2.00. The highest BCUT2D eigenvalue weighted by molar-refractivity contribution is 5.85. The van der Waals surface area contributed by atoms with Crippen molar-refractivity contribution in [2.45, 2.75) is 0 Å². The van der Waals surface area contributed by atoms with Gasteiger partial charge in [-0.1, -0.05) is 147 Å². The van der Waals surface area contributed by atoms with Crippen LogP contribution in [0.15, 0.2) is 177 Å². The molecule has 256 valence electrons. The van der Waals surface area contributed by atoms with Crippen molar-refractivity contribution >= 4 is 17.9 Å². The van der Waals surface area contributed by atoms with Gasteiger partial charge in [0.2, 0.25) is 0 Å². The molecule has 0 unspecified atom stereocenters. The zero-order valence-corrected chi connectivity index (χ0v) is 29.3. The lowest BCUT2D eigenvalue weighted by atomic mass is 10.0. The molecule has 0 amide bonds. The molecule has 0 aliphatic heterocycles. The first kappa shape index (κ1) is 32.4. The summed E-state index contributed by atoms with van der Waals surface area (Å²) in [4.78, 5) is 25.3. The molecule has 0 spiro atoms. The monoisotopic (exact) mass is 695 g/mol.